The molecule has 0 aromatic heterocycles. The zero-order chi connectivity index (χ0) is 14.7. The number of benzene rings is 1. The van der Waals surface area contributed by atoms with Crippen LogP contribution >= 0.6 is 0 Å². The van der Waals surface area contributed by atoms with Crippen molar-refractivity contribution >= 4 is 17.3 Å². The number of nitrogens with two attached hydrogens (primary N) is 1. The van der Waals surface area contributed by atoms with Gasteiger partial charge in [-0.25, -0.2) is 9.18 Å². The van der Waals surface area contributed by atoms with Crippen molar-refractivity contribution in [3.05, 3.63) is 23.5 Å². The molecule has 1 fully saturated rings. The van der Waals surface area contributed by atoms with Crippen LogP contribution in [0.2, 0.25) is 0 Å². The van der Waals surface area contributed by atoms with Gasteiger partial charge in [-0.05, 0) is 31.9 Å². The molecule has 20 heavy (non-hydrogen) atoms. The molecule has 0 heterocycles. The first-order valence-electron chi connectivity index (χ1n) is 6.60. The van der Waals surface area contributed by atoms with Crippen LogP contribution in [0.25, 0.3) is 0 Å². The quantitative estimate of drug-likeness (QED) is 0.639. The third kappa shape index (κ3) is 3.01. The van der Waals surface area contributed by atoms with Gasteiger partial charge in [-0.1, -0.05) is 0 Å². The summed E-state index contributed by atoms with van der Waals surface area (Å²) in [5, 5.41) is 3.06. The topological polar surface area (TPSA) is 73.6 Å². The molecular weight excluding hydrogens is 263 g/mol. The van der Waals surface area contributed by atoms with Crippen molar-refractivity contribution in [1.29, 1.82) is 0 Å². The van der Waals surface area contributed by atoms with Crippen LogP contribution in [0, 0.1) is 5.82 Å². The van der Waals surface area contributed by atoms with Gasteiger partial charge in [-0.2, -0.15) is 0 Å². The van der Waals surface area contributed by atoms with Crippen LogP contribution < -0.4 is 11.1 Å². The Kier molecular flexibility index (Phi) is 4.44. The maximum absolute atomic E-state index is 13.9. The summed E-state index contributed by atoms with van der Waals surface area (Å²) in [4.78, 5) is 11.7. The lowest BCUT2D eigenvalue weighted by molar-refractivity contribution is 0.0327. The van der Waals surface area contributed by atoms with Gasteiger partial charge in [0.25, 0.3) is 0 Å². The van der Waals surface area contributed by atoms with Crippen molar-refractivity contribution in [2.24, 2.45) is 0 Å². The Bertz CT molecular complexity index is 501. The second kappa shape index (κ2) is 6.09. The van der Waals surface area contributed by atoms with Gasteiger partial charge in [-0.3, -0.25) is 0 Å². The monoisotopic (exact) mass is 282 g/mol. The summed E-state index contributed by atoms with van der Waals surface area (Å²) in [6.07, 6.45) is 1.85. The summed E-state index contributed by atoms with van der Waals surface area (Å²) in [5.74, 6) is -1.02. The number of nitrogens with one attached hydrogen (secondary N) is 1. The predicted molar refractivity (Wildman–Crippen MR) is 74.2 cm³/mol. The smallest absolute Gasteiger partial charge is 0.340 e. The summed E-state index contributed by atoms with van der Waals surface area (Å²) in [6, 6.07) is 2.69. The van der Waals surface area contributed by atoms with Crippen molar-refractivity contribution < 1.29 is 18.7 Å². The Morgan fingerprint density at radius 1 is 1.50 bits per heavy atom. The standard InChI is InChI=1S/C14H19FN2O3/c1-3-20-14(18)10-6-13(11(15)7-12(10)16)17-8-4-9(5-8)19-2/h6-9,17H,3-5,16H2,1-2H3. The third-order valence-corrected chi connectivity index (χ3v) is 3.42. The summed E-state index contributed by atoms with van der Waals surface area (Å²) >= 11 is 0. The van der Waals surface area contributed by atoms with E-state index in [0.29, 0.717) is 0 Å². The average molecular weight is 282 g/mol. The first kappa shape index (κ1) is 14.6. The van der Waals surface area contributed by atoms with Crippen LogP contribution in [0.5, 0.6) is 0 Å². The van der Waals surface area contributed by atoms with Crippen LogP contribution in [0.3, 0.4) is 0 Å². The molecule has 0 unspecified atom stereocenters. The Labute approximate surface area is 117 Å². The minimum absolute atomic E-state index is 0.0786. The minimum Gasteiger partial charge on any atom is -0.462 e. The highest BCUT2D eigenvalue weighted by molar-refractivity contribution is 5.96. The molecule has 0 saturated heterocycles. The Hall–Kier alpha value is -1.82. The molecule has 110 valence electrons. The fourth-order valence-electron chi connectivity index (χ4n) is 2.18. The van der Waals surface area contributed by atoms with E-state index in [1.54, 1.807) is 14.0 Å². The van der Waals surface area contributed by atoms with E-state index in [4.69, 9.17) is 15.2 Å². The fraction of sp³-hybridized carbons (Fsp3) is 0.500. The molecule has 1 aliphatic rings. The number of methoxy groups -OCH3 is 1. The molecule has 0 bridgehead atoms. The number of halogens is 1. The molecular formula is C14H19FN2O3. The summed E-state index contributed by atoms with van der Waals surface area (Å²) in [6.45, 7) is 1.95. The molecule has 1 aromatic carbocycles. The molecule has 3 N–H and O–H groups in total. The molecule has 1 aromatic rings. The van der Waals surface area contributed by atoms with Crippen LogP contribution in [-0.4, -0.2) is 31.8 Å². The van der Waals surface area contributed by atoms with Gasteiger partial charge in [0.2, 0.25) is 0 Å². The fourth-order valence-corrected chi connectivity index (χ4v) is 2.18. The van der Waals surface area contributed by atoms with Crippen LogP contribution in [0.15, 0.2) is 12.1 Å². The maximum Gasteiger partial charge on any atom is 0.340 e. The molecule has 0 atom stereocenters. The summed E-state index contributed by atoms with van der Waals surface area (Å²) in [7, 11) is 1.66. The molecule has 5 nitrogen and oxygen atoms in total. The van der Waals surface area contributed by atoms with Crippen LogP contribution in [0.4, 0.5) is 15.8 Å². The summed E-state index contributed by atoms with van der Waals surface area (Å²) in [5.41, 5.74) is 6.18. The predicted octanol–water partition coefficient (Wildman–Crippen LogP) is 2.17. The van der Waals surface area contributed by atoms with Crippen molar-refractivity contribution in [1.82, 2.24) is 0 Å². The van der Waals surface area contributed by atoms with Crippen molar-refractivity contribution in [2.75, 3.05) is 24.8 Å². The van der Waals surface area contributed by atoms with E-state index in [2.05, 4.69) is 5.32 Å². The number of nitrogen functional groups attached to an aromatic ring is 1. The third-order valence-electron chi connectivity index (χ3n) is 3.42. The number of ether oxygens (including phenoxy) is 2. The van der Waals surface area contributed by atoms with E-state index >= 15 is 0 Å². The zero-order valence-corrected chi connectivity index (χ0v) is 11.6. The van der Waals surface area contributed by atoms with E-state index in [-0.39, 0.29) is 35.7 Å². The number of carbonyl (C=O) groups excluding carboxylic acids is 1. The average Bonchev–Trinajstić information content (AvgIpc) is 2.35. The number of rotatable bonds is 5. The van der Waals surface area contributed by atoms with Gasteiger partial charge in [0, 0.05) is 18.8 Å². The number of hydrogen-bond acceptors (Lipinski definition) is 5. The first-order valence-corrected chi connectivity index (χ1v) is 6.60. The number of hydrogen-bond donors (Lipinski definition) is 2. The Balaban J connectivity index is 2.12. The molecule has 0 aliphatic heterocycles. The van der Waals surface area contributed by atoms with Gasteiger partial charge < -0.3 is 20.5 Å². The lowest BCUT2D eigenvalue weighted by Crippen LogP contribution is -2.40. The molecule has 1 aliphatic carbocycles. The van der Waals surface area contributed by atoms with E-state index in [9.17, 15) is 9.18 Å². The van der Waals surface area contributed by atoms with Crippen molar-refractivity contribution in [2.45, 2.75) is 31.9 Å². The first-order chi connectivity index (χ1) is 9.55. The molecule has 0 radical (unpaired) electrons. The largest absolute Gasteiger partial charge is 0.462 e. The van der Waals surface area contributed by atoms with Gasteiger partial charge in [-0.15, -0.1) is 0 Å². The highest BCUT2D eigenvalue weighted by Crippen LogP contribution is 2.29. The maximum atomic E-state index is 13.9. The Morgan fingerprint density at radius 3 is 2.80 bits per heavy atom. The molecule has 0 amide bonds. The van der Waals surface area contributed by atoms with E-state index in [0.717, 1.165) is 18.9 Å². The van der Waals surface area contributed by atoms with Gasteiger partial charge in [0.1, 0.15) is 5.82 Å². The highest BCUT2D eigenvalue weighted by atomic mass is 19.1. The number of anilines is 2. The molecule has 1 saturated carbocycles. The molecule has 2 rings (SSSR count). The van der Waals surface area contributed by atoms with E-state index in [1.807, 2.05) is 0 Å². The summed E-state index contributed by atoms with van der Waals surface area (Å²) < 4.78 is 23.9. The minimum atomic E-state index is -0.545. The molecule has 0 spiro atoms. The lowest BCUT2D eigenvalue weighted by Gasteiger charge is -2.35. The second-order valence-corrected chi connectivity index (χ2v) is 4.81. The van der Waals surface area contributed by atoms with E-state index in [1.165, 1.54) is 6.07 Å². The SMILES string of the molecule is CCOC(=O)c1cc(NC2CC(OC)C2)c(F)cc1N. The second-order valence-electron chi connectivity index (χ2n) is 4.81. The van der Waals surface area contributed by atoms with Gasteiger partial charge in [0.05, 0.1) is 24.0 Å². The van der Waals surface area contributed by atoms with Crippen LogP contribution in [0.1, 0.15) is 30.1 Å². The van der Waals surface area contributed by atoms with E-state index < -0.39 is 11.8 Å². The number of esters is 1. The van der Waals surface area contributed by atoms with Crippen molar-refractivity contribution in [3.8, 4) is 0 Å². The van der Waals surface area contributed by atoms with Gasteiger partial charge in [0.15, 0.2) is 0 Å². The normalized spacial score (nSPS) is 21.1. The highest BCUT2D eigenvalue weighted by Gasteiger charge is 2.29. The lowest BCUT2D eigenvalue weighted by atomic mass is 9.89. The van der Waals surface area contributed by atoms with Crippen molar-refractivity contribution in [3.63, 3.8) is 0 Å². The Morgan fingerprint density at radius 2 is 2.20 bits per heavy atom. The number of carbonyl (C=O) groups is 1. The zero-order valence-electron chi connectivity index (χ0n) is 11.6. The molecule has 6 heteroatoms. The van der Waals surface area contributed by atoms with Gasteiger partial charge >= 0.3 is 5.97 Å². The van der Waals surface area contributed by atoms with Crippen LogP contribution in [-0.2, 0) is 9.47 Å².